The van der Waals surface area contributed by atoms with Crippen LogP contribution >= 0.6 is 0 Å². The van der Waals surface area contributed by atoms with Crippen LogP contribution in [0.1, 0.15) is 0 Å². The molecule has 0 saturated heterocycles. The molecule has 0 saturated carbocycles. The van der Waals surface area contributed by atoms with Gasteiger partial charge in [0.2, 0.25) is 0 Å². The number of rotatable bonds is 17. The van der Waals surface area contributed by atoms with Crippen molar-refractivity contribution in [3.8, 4) is 11.1 Å². The molecule has 0 bridgehead atoms. The molecule has 0 radical (unpaired) electrons. The van der Waals surface area contributed by atoms with E-state index in [1.54, 1.807) is 0 Å². The predicted octanol–water partition coefficient (Wildman–Crippen LogP) is 10.8. The van der Waals surface area contributed by atoms with Crippen LogP contribution in [0.3, 0.4) is 0 Å². The Morgan fingerprint density at radius 2 is 0.371 bits per heavy atom. The van der Waals surface area contributed by atoms with Crippen LogP contribution in [0.5, 0.6) is 0 Å². The lowest BCUT2D eigenvalue weighted by atomic mass is 9.92. The Morgan fingerprint density at radius 3 is 0.629 bits per heavy atom. The summed E-state index contributed by atoms with van der Waals surface area (Å²) in [6.45, 7) is 0. The minimum Gasteiger partial charge on any atom is -0.398 e. The van der Waals surface area contributed by atoms with Gasteiger partial charge in [0.05, 0.1) is 0 Å². The number of benzene rings is 16. The summed E-state index contributed by atoms with van der Waals surface area (Å²) in [6.07, 6.45) is 0. The van der Waals surface area contributed by atoms with Crippen LogP contribution in [0.15, 0.2) is 419 Å². The third kappa shape index (κ3) is 10.1. The maximum absolute atomic E-state index is 8.31. The van der Waals surface area contributed by atoms with Gasteiger partial charge < -0.3 is 5.73 Å². The molecular formula is C92H71NSi4. The van der Waals surface area contributed by atoms with E-state index in [2.05, 4.69) is 419 Å². The van der Waals surface area contributed by atoms with Crippen molar-refractivity contribution >= 4 is 143 Å². The first-order valence-electron chi connectivity index (χ1n) is 33.7. The lowest BCUT2D eigenvalue weighted by Gasteiger charge is -2.38. The Morgan fingerprint density at radius 1 is 0.155 bits per heavy atom. The van der Waals surface area contributed by atoms with Crippen molar-refractivity contribution in [2.75, 3.05) is 5.73 Å². The van der Waals surface area contributed by atoms with Crippen LogP contribution in [0.2, 0.25) is 0 Å². The molecule has 0 aromatic heterocycles. The average molecular weight is 1300 g/mol. The number of anilines is 1. The second kappa shape index (κ2) is 26.1. The van der Waals surface area contributed by atoms with E-state index in [9.17, 15) is 0 Å². The molecule has 2 N–H and O–H groups in total. The Bertz CT molecular complexity index is 4960. The normalized spacial score (nSPS) is 12.0. The summed E-state index contributed by atoms with van der Waals surface area (Å²) >= 11 is 0. The molecule has 16 aromatic rings. The van der Waals surface area contributed by atoms with Crippen LogP contribution in [-0.2, 0) is 0 Å². The Labute approximate surface area is 573 Å². The van der Waals surface area contributed by atoms with E-state index in [0.717, 1.165) is 27.6 Å². The largest absolute Gasteiger partial charge is 0.398 e. The lowest BCUT2D eigenvalue weighted by molar-refractivity contribution is 1.65. The highest BCUT2D eigenvalue weighted by Gasteiger charge is 2.48. The molecule has 0 aliphatic heterocycles. The fraction of sp³-hybridized carbons (Fsp3) is 0. The number of nitrogen functional groups attached to an aromatic ring is 1. The van der Waals surface area contributed by atoms with Gasteiger partial charge in [0.25, 0.3) is 0 Å². The van der Waals surface area contributed by atoms with Crippen molar-refractivity contribution in [1.29, 1.82) is 0 Å². The smallest absolute Gasteiger partial charge is 0.180 e. The molecule has 5 heteroatoms. The molecule has 0 amide bonds. The highest BCUT2D eigenvalue weighted by atomic mass is 28.3. The monoisotopic (exact) mass is 1300 g/mol. The van der Waals surface area contributed by atoms with Crippen molar-refractivity contribution in [3.63, 3.8) is 0 Å². The highest BCUT2D eigenvalue weighted by Crippen LogP contribution is 2.39. The van der Waals surface area contributed by atoms with E-state index in [-0.39, 0.29) is 0 Å². The minimum absolute atomic E-state index is 0.741. The third-order valence-corrected chi connectivity index (χ3v) is 39.8. The van der Waals surface area contributed by atoms with Gasteiger partial charge in [0, 0.05) is 11.3 Å². The molecule has 1 nitrogen and oxygen atoms in total. The maximum atomic E-state index is 8.31. The molecule has 460 valence electrons. The summed E-state index contributed by atoms with van der Waals surface area (Å²) < 4.78 is 0. The zero-order chi connectivity index (χ0) is 65.1. The summed E-state index contributed by atoms with van der Waals surface area (Å²) in [6, 6.07) is 159. The predicted molar refractivity (Wildman–Crippen MR) is 426 cm³/mol. The van der Waals surface area contributed by atoms with Crippen molar-refractivity contribution in [3.05, 3.63) is 419 Å². The van der Waals surface area contributed by atoms with E-state index in [1.807, 2.05) is 0 Å². The molecule has 0 aliphatic rings. The van der Waals surface area contributed by atoms with Gasteiger partial charge in [-0.15, -0.1) is 0 Å². The van der Waals surface area contributed by atoms with Crippen molar-refractivity contribution in [2.45, 2.75) is 0 Å². The van der Waals surface area contributed by atoms with Crippen molar-refractivity contribution in [1.82, 2.24) is 0 Å². The standard InChI is InChI=1S/C92H71NSi4/c93-89-69-91(97(79-55-31-10-32-56-79,80-57-33-11-34-58-80)81-59-35-12-36-60-81)88-68-83(95(73-43-19-4-20-44-73,74-45-21-5-22-46-74)75-47-23-6-24-48-75)62-64-86(88)92(89)85-65-66-90(96(76-49-25-7-26-50-76,77-51-27-8-28-52-77)78-53-29-9-30-54-78)87-67-82(61-63-84(85)87)94(70-37-13-1-14-38-70,71-39-15-2-16-40-71)72-41-17-3-18-42-72/h1-69H,93H2. The van der Waals surface area contributed by atoms with Crippen molar-refractivity contribution in [2.24, 2.45) is 0 Å². The van der Waals surface area contributed by atoms with Gasteiger partial charge in [-0.2, -0.15) is 0 Å². The Kier molecular flexibility index (Phi) is 16.3. The average Bonchev–Trinajstić information content (AvgIpc) is 0.707. The summed E-state index contributed by atoms with van der Waals surface area (Å²) in [5, 5.41) is 25.6. The van der Waals surface area contributed by atoms with Gasteiger partial charge in [-0.05, 0) is 116 Å². The first kappa shape index (κ1) is 60.6. The summed E-state index contributed by atoms with van der Waals surface area (Å²) in [4.78, 5) is 0. The maximum Gasteiger partial charge on any atom is 0.180 e. The molecule has 0 heterocycles. The molecule has 0 aliphatic carbocycles. The molecule has 16 rings (SSSR count). The molecule has 0 fully saturated rings. The summed E-state index contributed by atoms with van der Waals surface area (Å²) in [5.41, 5.74) is 11.2. The summed E-state index contributed by atoms with van der Waals surface area (Å²) in [5.74, 6) is 0. The van der Waals surface area contributed by atoms with E-state index in [4.69, 9.17) is 5.73 Å². The summed E-state index contributed by atoms with van der Waals surface area (Å²) in [7, 11) is -12.8. The van der Waals surface area contributed by atoms with Gasteiger partial charge in [0.15, 0.2) is 32.3 Å². The Hall–Kier alpha value is -11.3. The van der Waals surface area contributed by atoms with E-state index in [1.165, 1.54) is 93.8 Å². The van der Waals surface area contributed by atoms with Gasteiger partial charge >= 0.3 is 0 Å². The highest BCUT2D eigenvalue weighted by molar-refractivity contribution is 7.23. The fourth-order valence-electron chi connectivity index (χ4n) is 16.6. The zero-order valence-corrected chi connectivity index (χ0v) is 57.9. The van der Waals surface area contributed by atoms with Gasteiger partial charge in [-0.1, -0.05) is 413 Å². The second-order valence-electron chi connectivity index (χ2n) is 25.5. The van der Waals surface area contributed by atoms with E-state index < -0.39 is 32.3 Å². The molecule has 97 heavy (non-hydrogen) atoms. The van der Waals surface area contributed by atoms with Crippen LogP contribution < -0.4 is 88.7 Å². The molecule has 0 atom stereocenters. The lowest BCUT2D eigenvalue weighted by Crippen LogP contribution is -2.75. The zero-order valence-electron chi connectivity index (χ0n) is 53.9. The molecule has 0 spiro atoms. The number of fused-ring (bicyclic) bond motifs is 2. The van der Waals surface area contributed by atoms with Gasteiger partial charge in [-0.3, -0.25) is 0 Å². The van der Waals surface area contributed by atoms with Crippen LogP contribution in [-0.4, -0.2) is 32.3 Å². The fourth-order valence-corrected chi connectivity index (χ4v) is 36.1. The van der Waals surface area contributed by atoms with E-state index in [0.29, 0.717) is 0 Å². The number of hydrogen-bond donors (Lipinski definition) is 1. The van der Waals surface area contributed by atoms with Crippen LogP contribution in [0, 0.1) is 0 Å². The van der Waals surface area contributed by atoms with Crippen molar-refractivity contribution < 1.29 is 0 Å². The Balaban J connectivity index is 1.10. The first-order chi connectivity index (χ1) is 48.1. The topological polar surface area (TPSA) is 26.0 Å². The number of hydrogen-bond acceptors (Lipinski definition) is 1. The first-order valence-corrected chi connectivity index (χ1v) is 41.7. The minimum atomic E-state index is -3.32. The van der Waals surface area contributed by atoms with Crippen LogP contribution in [0.25, 0.3) is 32.7 Å². The second-order valence-corrected chi connectivity index (χ2v) is 40.6. The van der Waals surface area contributed by atoms with E-state index >= 15 is 0 Å². The SMILES string of the molecule is Nc1cc([Si](c2ccccc2)(c2ccccc2)c2ccccc2)c2cc([Si](c3ccccc3)(c3ccccc3)c3ccccc3)ccc2c1-c1ccc([Si](c2ccccc2)(c2ccccc2)c2ccccc2)c2cc([Si](c3ccccc3)(c3ccccc3)c3ccccc3)ccc12. The number of nitrogens with two attached hydrogens (primary N) is 1. The molecular weight excluding hydrogens is 1230 g/mol. The third-order valence-electron chi connectivity index (χ3n) is 20.6. The van der Waals surface area contributed by atoms with Crippen LogP contribution in [0.4, 0.5) is 5.69 Å². The molecule has 0 unspecified atom stereocenters. The van der Waals surface area contributed by atoms with Gasteiger partial charge in [0.1, 0.15) is 0 Å². The molecule has 16 aromatic carbocycles. The quantitative estimate of drug-likeness (QED) is 0.0549. The van der Waals surface area contributed by atoms with Gasteiger partial charge in [-0.25, -0.2) is 0 Å².